The van der Waals surface area contributed by atoms with Gasteiger partial charge in [0.05, 0.1) is 6.54 Å². The Morgan fingerprint density at radius 1 is 0.975 bits per heavy atom. The number of hydrogen-bond donors (Lipinski definition) is 2. The van der Waals surface area contributed by atoms with Gasteiger partial charge < -0.3 is 19.7 Å². The third kappa shape index (κ3) is 6.57. The summed E-state index contributed by atoms with van der Waals surface area (Å²) in [4.78, 5) is 30.7. The summed E-state index contributed by atoms with van der Waals surface area (Å²) in [7, 11) is 0. The number of carboxylic acids is 1. The molecule has 8 heteroatoms. The number of ether oxygens (including phenoxy) is 1. The molecule has 0 aliphatic rings. The van der Waals surface area contributed by atoms with Gasteiger partial charge in [-0.2, -0.15) is 0 Å². The van der Waals surface area contributed by atoms with E-state index >= 15 is 0 Å². The van der Waals surface area contributed by atoms with E-state index in [1.165, 1.54) is 11.8 Å². The van der Waals surface area contributed by atoms with Crippen LogP contribution < -0.4 is 10.1 Å². The molecule has 0 radical (unpaired) electrons. The average molecular weight is 558 g/mol. The molecule has 0 unspecified atom stereocenters. The predicted molar refractivity (Wildman–Crippen MR) is 161 cm³/mol. The summed E-state index contributed by atoms with van der Waals surface area (Å²) in [6.45, 7) is 12.1. The second kappa shape index (κ2) is 12.0. The number of nitrogens with one attached hydrogen (secondary N) is 1. The second-order valence-electron chi connectivity index (χ2n) is 10.4. The first-order valence-electron chi connectivity index (χ1n) is 13.1. The second-order valence-corrected chi connectivity index (χ2v) is 12.0. The first kappa shape index (κ1) is 29.0. The highest BCUT2D eigenvalue weighted by Crippen LogP contribution is 2.34. The molecule has 7 nitrogen and oxygen atoms in total. The number of benzene rings is 3. The Labute approximate surface area is 239 Å². The molecule has 0 fully saturated rings. The first-order chi connectivity index (χ1) is 19.0. The molecule has 40 heavy (non-hydrogen) atoms. The fourth-order valence-electron chi connectivity index (χ4n) is 4.57. The van der Waals surface area contributed by atoms with Gasteiger partial charge in [0.2, 0.25) is 0 Å². The van der Waals surface area contributed by atoms with Crippen LogP contribution in [0.5, 0.6) is 5.75 Å². The zero-order valence-electron chi connectivity index (χ0n) is 23.7. The number of rotatable bonds is 10. The maximum absolute atomic E-state index is 13.5. The van der Waals surface area contributed by atoms with Crippen molar-refractivity contribution in [3.05, 3.63) is 94.8 Å². The number of amides is 1. The van der Waals surface area contributed by atoms with Crippen molar-refractivity contribution >= 4 is 29.3 Å². The van der Waals surface area contributed by atoms with Crippen molar-refractivity contribution in [2.45, 2.75) is 57.7 Å². The molecule has 0 saturated carbocycles. The number of carboxylic acid groups (broad SMARTS) is 1. The highest BCUT2D eigenvalue weighted by Gasteiger charge is 2.28. The number of carbonyl (C=O) groups excluding carboxylic acids is 1. The number of carbonyl (C=O) groups is 2. The van der Waals surface area contributed by atoms with Crippen LogP contribution in [0.4, 0.5) is 5.69 Å². The van der Waals surface area contributed by atoms with Crippen LogP contribution in [0.15, 0.2) is 71.6 Å². The van der Waals surface area contributed by atoms with Gasteiger partial charge in [-0.3, -0.25) is 9.59 Å². The minimum Gasteiger partial charge on any atom is -0.492 e. The van der Waals surface area contributed by atoms with Crippen molar-refractivity contribution in [2.75, 3.05) is 11.9 Å². The minimum atomic E-state index is -0.956. The Bertz CT molecular complexity index is 1500. The minimum absolute atomic E-state index is 0.271. The number of imidazole rings is 1. The molecule has 0 saturated heterocycles. The fourth-order valence-corrected chi connectivity index (χ4v) is 5.52. The monoisotopic (exact) mass is 557 g/mol. The lowest BCUT2D eigenvalue weighted by molar-refractivity contribution is -0.138. The van der Waals surface area contributed by atoms with Crippen LogP contribution in [0.1, 0.15) is 46.7 Å². The van der Waals surface area contributed by atoms with Crippen LogP contribution in [0.2, 0.25) is 0 Å². The number of aryl methyl sites for hydroxylation is 3. The van der Waals surface area contributed by atoms with E-state index in [0.717, 1.165) is 44.3 Å². The smallest absolute Gasteiger partial charge is 0.319 e. The summed E-state index contributed by atoms with van der Waals surface area (Å²) in [6, 6.07) is 21.3. The van der Waals surface area contributed by atoms with Gasteiger partial charge in [-0.25, -0.2) is 4.98 Å². The van der Waals surface area contributed by atoms with Crippen molar-refractivity contribution in [3.8, 4) is 17.1 Å². The number of thioether (sulfide) groups is 1. The largest absolute Gasteiger partial charge is 0.492 e. The first-order valence-corrected chi connectivity index (χ1v) is 13.9. The van der Waals surface area contributed by atoms with Crippen LogP contribution in [-0.2, 0) is 11.3 Å². The van der Waals surface area contributed by atoms with E-state index in [4.69, 9.17) is 9.72 Å². The Morgan fingerprint density at radius 2 is 1.60 bits per heavy atom. The van der Waals surface area contributed by atoms with E-state index in [9.17, 15) is 14.7 Å². The van der Waals surface area contributed by atoms with Gasteiger partial charge >= 0.3 is 5.97 Å². The van der Waals surface area contributed by atoms with Gasteiger partial charge in [0.1, 0.15) is 28.6 Å². The molecular weight excluding hydrogens is 522 g/mol. The molecule has 0 bridgehead atoms. The van der Waals surface area contributed by atoms with Gasteiger partial charge in [0.15, 0.2) is 0 Å². The summed E-state index contributed by atoms with van der Waals surface area (Å²) in [5.41, 5.74) is 5.83. The van der Waals surface area contributed by atoms with Gasteiger partial charge in [-0.15, -0.1) is 11.8 Å². The van der Waals surface area contributed by atoms with E-state index in [2.05, 4.69) is 5.32 Å². The van der Waals surface area contributed by atoms with E-state index in [1.807, 2.05) is 99.0 Å². The molecule has 208 valence electrons. The van der Waals surface area contributed by atoms with Crippen molar-refractivity contribution in [1.29, 1.82) is 0 Å². The van der Waals surface area contributed by atoms with Gasteiger partial charge in [-0.1, -0.05) is 48.0 Å². The molecule has 3 aromatic carbocycles. The summed E-state index contributed by atoms with van der Waals surface area (Å²) < 4.78 is 6.99. The SMILES string of the molecule is Cc1cc(C)c(NC(=O)c2nc(-c3ccc(SC(C)(C)C(=O)O)cc3)n(CCOc3ccccc3)c2C)c(C)c1. The van der Waals surface area contributed by atoms with Crippen LogP contribution in [-0.4, -0.2) is 37.9 Å². The van der Waals surface area contributed by atoms with Crippen molar-refractivity contribution in [3.63, 3.8) is 0 Å². The molecule has 1 heterocycles. The Balaban J connectivity index is 1.66. The molecule has 1 aromatic heterocycles. The number of aliphatic carboxylic acids is 1. The molecule has 0 aliphatic heterocycles. The number of aromatic nitrogens is 2. The van der Waals surface area contributed by atoms with Crippen LogP contribution in [0.3, 0.4) is 0 Å². The quantitative estimate of drug-likeness (QED) is 0.203. The lowest BCUT2D eigenvalue weighted by atomic mass is 10.0. The third-order valence-corrected chi connectivity index (χ3v) is 7.87. The highest BCUT2D eigenvalue weighted by molar-refractivity contribution is 8.01. The topological polar surface area (TPSA) is 93.5 Å². The molecular formula is C32H35N3O4S. The molecule has 4 rings (SSSR count). The number of hydrogen-bond acceptors (Lipinski definition) is 5. The molecule has 0 spiro atoms. The van der Waals surface area contributed by atoms with E-state index < -0.39 is 10.7 Å². The van der Waals surface area contributed by atoms with E-state index in [0.29, 0.717) is 24.7 Å². The maximum Gasteiger partial charge on any atom is 0.319 e. The Morgan fingerprint density at radius 3 is 2.20 bits per heavy atom. The van der Waals surface area contributed by atoms with Crippen LogP contribution >= 0.6 is 11.8 Å². The summed E-state index contributed by atoms with van der Waals surface area (Å²) >= 11 is 1.28. The van der Waals surface area contributed by atoms with Crippen LogP contribution in [0.25, 0.3) is 11.4 Å². The van der Waals surface area contributed by atoms with Crippen molar-refractivity contribution < 1.29 is 19.4 Å². The van der Waals surface area contributed by atoms with Gasteiger partial charge in [-0.05, 0) is 76.9 Å². The third-order valence-electron chi connectivity index (χ3n) is 6.68. The van der Waals surface area contributed by atoms with Crippen LogP contribution in [0, 0.1) is 27.7 Å². The zero-order valence-corrected chi connectivity index (χ0v) is 24.6. The zero-order chi connectivity index (χ0) is 29.0. The summed E-state index contributed by atoms with van der Waals surface area (Å²) in [6.07, 6.45) is 0. The Kier molecular flexibility index (Phi) is 8.69. The summed E-state index contributed by atoms with van der Waals surface area (Å²) in [5, 5.41) is 12.6. The number of anilines is 1. The fraction of sp³-hybridized carbons (Fsp3) is 0.281. The van der Waals surface area contributed by atoms with E-state index in [-0.39, 0.29) is 5.91 Å². The lowest BCUT2D eigenvalue weighted by Crippen LogP contribution is -2.26. The van der Waals surface area contributed by atoms with Crippen molar-refractivity contribution in [2.24, 2.45) is 0 Å². The lowest BCUT2D eigenvalue weighted by Gasteiger charge is -2.18. The average Bonchev–Trinajstić information content (AvgIpc) is 3.23. The molecule has 4 aromatic rings. The van der Waals surface area contributed by atoms with Gasteiger partial charge in [0.25, 0.3) is 5.91 Å². The number of para-hydroxylation sites is 1. The van der Waals surface area contributed by atoms with Crippen molar-refractivity contribution in [1.82, 2.24) is 9.55 Å². The molecule has 0 aliphatic carbocycles. The molecule has 2 N–H and O–H groups in total. The molecule has 1 amide bonds. The van der Waals surface area contributed by atoms with Gasteiger partial charge in [0, 0.05) is 21.8 Å². The highest BCUT2D eigenvalue weighted by atomic mass is 32.2. The Hall–Kier alpha value is -4.04. The maximum atomic E-state index is 13.5. The summed E-state index contributed by atoms with van der Waals surface area (Å²) in [5.74, 6) is 0.269. The number of nitrogens with zero attached hydrogens (tertiary/aromatic N) is 2. The molecule has 0 atom stereocenters. The standard InChI is InChI=1S/C32H35N3O4S/c1-20-18-21(2)27(22(3)19-20)34-30(36)28-23(4)35(16-17-39-25-10-8-7-9-11-25)29(33-28)24-12-14-26(15-13-24)40-32(5,6)31(37)38/h7-15,18-19H,16-17H2,1-6H3,(H,34,36)(H,37,38). The predicted octanol–water partition coefficient (Wildman–Crippen LogP) is 7.07. The normalized spacial score (nSPS) is 11.3. The van der Waals surface area contributed by atoms with E-state index in [1.54, 1.807) is 13.8 Å².